The molecule has 136 valence electrons. The Kier molecular flexibility index (Phi) is 4.10. The third kappa shape index (κ3) is 3.08. The molecule has 1 N–H and O–H groups in total. The molecule has 1 atom stereocenters. The van der Waals surface area contributed by atoms with Crippen molar-refractivity contribution in [2.45, 2.75) is 18.8 Å². The number of aromatic nitrogens is 5. The van der Waals surface area contributed by atoms with E-state index in [1.165, 1.54) is 0 Å². The van der Waals surface area contributed by atoms with E-state index >= 15 is 0 Å². The van der Waals surface area contributed by atoms with Crippen LogP contribution in [0.5, 0.6) is 0 Å². The van der Waals surface area contributed by atoms with E-state index in [2.05, 4.69) is 30.4 Å². The topological polar surface area (TPSA) is 103 Å². The van der Waals surface area contributed by atoms with Crippen LogP contribution in [0.2, 0.25) is 0 Å². The minimum absolute atomic E-state index is 0.0515. The molecule has 1 aliphatic rings. The number of hydrogen-bond acceptors (Lipinski definition) is 8. The molecule has 0 spiro atoms. The zero-order chi connectivity index (χ0) is 18.1. The summed E-state index contributed by atoms with van der Waals surface area (Å²) in [7, 11) is 0. The van der Waals surface area contributed by atoms with Crippen LogP contribution < -0.4 is 5.32 Å². The Labute approximate surface area is 155 Å². The smallest absolute Gasteiger partial charge is 0.293 e. The van der Waals surface area contributed by atoms with Crippen molar-refractivity contribution in [1.29, 1.82) is 0 Å². The molecule has 1 saturated heterocycles. The van der Waals surface area contributed by atoms with Gasteiger partial charge in [-0.1, -0.05) is 5.16 Å². The zero-order valence-electron chi connectivity index (χ0n) is 14.6. The van der Waals surface area contributed by atoms with Crippen molar-refractivity contribution >= 4 is 11.0 Å². The second-order valence-corrected chi connectivity index (χ2v) is 6.68. The van der Waals surface area contributed by atoms with Gasteiger partial charge in [0.2, 0.25) is 0 Å². The van der Waals surface area contributed by atoms with E-state index in [-0.39, 0.29) is 5.92 Å². The molecule has 4 aromatic heterocycles. The minimum atomic E-state index is -0.0515. The molecule has 0 saturated carbocycles. The van der Waals surface area contributed by atoms with Crippen molar-refractivity contribution in [3.63, 3.8) is 0 Å². The summed E-state index contributed by atoms with van der Waals surface area (Å²) in [5.74, 6) is 1.86. The van der Waals surface area contributed by atoms with Gasteiger partial charge in [-0.2, -0.15) is 4.98 Å². The molecule has 8 nitrogen and oxygen atoms in total. The first kappa shape index (κ1) is 16.1. The molecule has 27 heavy (non-hydrogen) atoms. The van der Waals surface area contributed by atoms with Crippen LogP contribution in [0.1, 0.15) is 30.3 Å². The van der Waals surface area contributed by atoms with Crippen LogP contribution in [-0.4, -0.2) is 38.2 Å². The maximum atomic E-state index is 5.82. The molecule has 8 heteroatoms. The Morgan fingerprint density at radius 2 is 1.96 bits per heavy atom. The monoisotopic (exact) mass is 362 g/mol. The molecular weight excluding hydrogens is 344 g/mol. The van der Waals surface area contributed by atoms with Crippen LogP contribution >= 0.6 is 0 Å². The molecule has 0 aromatic carbocycles. The van der Waals surface area contributed by atoms with E-state index in [4.69, 9.17) is 8.94 Å². The molecule has 5 heterocycles. The number of pyridine rings is 1. The summed E-state index contributed by atoms with van der Waals surface area (Å²) in [6, 6.07) is 3.68. The zero-order valence-corrected chi connectivity index (χ0v) is 14.6. The van der Waals surface area contributed by atoms with Crippen molar-refractivity contribution in [3.05, 3.63) is 54.6 Å². The summed E-state index contributed by atoms with van der Waals surface area (Å²) in [5, 5.41) is 8.56. The lowest BCUT2D eigenvalue weighted by Gasteiger charge is -2.28. The summed E-state index contributed by atoms with van der Waals surface area (Å²) in [5.41, 5.74) is 1.61. The Hall–Kier alpha value is -3.13. The fourth-order valence-corrected chi connectivity index (χ4v) is 3.68. The lowest BCUT2D eigenvalue weighted by atomic mass is 9.82. The van der Waals surface area contributed by atoms with Gasteiger partial charge in [-0.15, -0.1) is 0 Å². The number of nitrogens with zero attached hydrogens (tertiary/aromatic N) is 5. The lowest BCUT2D eigenvalue weighted by Crippen LogP contribution is -2.32. The highest BCUT2D eigenvalue weighted by molar-refractivity contribution is 5.80. The Balaban J connectivity index is 1.52. The predicted octanol–water partition coefficient (Wildman–Crippen LogP) is 2.80. The van der Waals surface area contributed by atoms with E-state index in [1.807, 2.05) is 12.1 Å². The Bertz CT molecular complexity index is 1010. The molecule has 0 amide bonds. The average Bonchev–Trinajstić information content (AvgIpc) is 3.37. The third-order valence-corrected chi connectivity index (χ3v) is 5.00. The molecule has 0 bridgehead atoms. The van der Waals surface area contributed by atoms with Crippen LogP contribution in [0.3, 0.4) is 0 Å². The quantitative estimate of drug-likeness (QED) is 0.591. The first-order chi connectivity index (χ1) is 13.4. The van der Waals surface area contributed by atoms with Crippen molar-refractivity contribution in [2.75, 3.05) is 13.1 Å². The Morgan fingerprint density at radius 1 is 1.07 bits per heavy atom. The molecule has 0 aliphatic carbocycles. The highest BCUT2D eigenvalue weighted by Crippen LogP contribution is 2.35. The summed E-state index contributed by atoms with van der Waals surface area (Å²) >= 11 is 0. The van der Waals surface area contributed by atoms with Crippen molar-refractivity contribution in [2.24, 2.45) is 5.92 Å². The van der Waals surface area contributed by atoms with Crippen molar-refractivity contribution in [3.8, 4) is 11.7 Å². The fourth-order valence-electron chi connectivity index (χ4n) is 3.68. The van der Waals surface area contributed by atoms with Crippen LogP contribution in [-0.2, 0) is 0 Å². The second-order valence-electron chi connectivity index (χ2n) is 6.68. The molecule has 1 unspecified atom stereocenters. The maximum absolute atomic E-state index is 5.82. The van der Waals surface area contributed by atoms with Gasteiger partial charge in [0.15, 0.2) is 11.6 Å². The first-order valence-electron chi connectivity index (χ1n) is 9.02. The van der Waals surface area contributed by atoms with Gasteiger partial charge >= 0.3 is 0 Å². The maximum Gasteiger partial charge on any atom is 0.293 e. The summed E-state index contributed by atoms with van der Waals surface area (Å²) in [4.78, 5) is 17.5. The van der Waals surface area contributed by atoms with Crippen LogP contribution in [0.4, 0.5) is 0 Å². The normalized spacial score (nSPS) is 16.6. The van der Waals surface area contributed by atoms with E-state index in [1.54, 1.807) is 31.0 Å². The highest BCUT2D eigenvalue weighted by Gasteiger charge is 2.32. The van der Waals surface area contributed by atoms with Crippen molar-refractivity contribution in [1.82, 2.24) is 30.4 Å². The largest absolute Gasteiger partial charge is 0.451 e. The van der Waals surface area contributed by atoms with E-state index in [0.29, 0.717) is 23.4 Å². The number of hydrogen-bond donors (Lipinski definition) is 1. The average molecular weight is 362 g/mol. The van der Waals surface area contributed by atoms with E-state index in [0.717, 1.165) is 42.6 Å². The summed E-state index contributed by atoms with van der Waals surface area (Å²) in [6.07, 6.45) is 10.7. The van der Waals surface area contributed by atoms with Gasteiger partial charge in [0.1, 0.15) is 5.58 Å². The van der Waals surface area contributed by atoms with Gasteiger partial charge < -0.3 is 14.3 Å². The number of furan rings is 1. The number of piperidine rings is 1. The standard InChI is InChI=1S/C19H18N6O2/c1-4-20-5-2-12(1)17(14-11-22-7-8-23-14)18-24-19(27-25-18)16-9-13-10-21-6-3-15(13)26-16/h3,6-12,17,20H,1-2,4-5H2. The van der Waals surface area contributed by atoms with Gasteiger partial charge in [-0.05, 0) is 44.0 Å². The molecule has 1 aliphatic heterocycles. The first-order valence-corrected chi connectivity index (χ1v) is 9.02. The third-order valence-electron chi connectivity index (χ3n) is 5.00. The van der Waals surface area contributed by atoms with Gasteiger partial charge in [0, 0.05) is 36.4 Å². The van der Waals surface area contributed by atoms with Crippen LogP contribution in [0.15, 0.2) is 52.1 Å². The van der Waals surface area contributed by atoms with Gasteiger partial charge in [-0.3, -0.25) is 15.0 Å². The molecule has 4 aromatic rings. The number of fused-ring (bicyclic) bond motifs is 1. The molecule has 0 radical (unpaired) electrons. The van der Waals surface area contributed by atoms with Gasteiger partial charge in [0.05, 0.1) is 11.6 Å². The molecule has 5 rings (SSSR count). The highest BCUT2D eigenvalue weighted by atomic mass is 16.5. The summed E-state index contributed by atoms with van der Waals surface area (Å²) < 4.78 is 11.4. The number of nitrogens with one attached hydrogen (secondary N) is 1. The van der Waals surface area contributed by atoms with Crippen LogP contribution in [0.25, 0.3) is 22.6 Å². The Morgan fingerprint density at radius 3 is 2.78 bits per heavy atom. The van der Waals surface area contributed by atoms with Crippen LogP contribution in [0, 0.1) is 5.92 Å². The molecule has 1 fully saturated rings. The van der Waals surface area contributed by atoms with E-state index < -0.39 is 0 Å². The lowest BCUT2D eigenvalue weighted by molar-refractivity contribution is 0.322. The van der Waals surface area contributed by atoms with E-state index in [9.17, 15) is 0 Å². The fraction of sp³-hybridized carbons (Fsp3) is 0.316. The molecular formula is C19H18N6O2. The van der Waals surface area contributed by atoms with Gasteiger partial charge in [-0.25, -0.2) is 0 Å². The SMILES string of the molecule is c1cnc(C(c2noc(-c3cc4cnccc4o3)n2)C2CCNCC2)cn1. The van der Waals surface area contributed by atoms with Gasteiger partial charge in [0.25, 0.3) is 5.89 Å². The number of rotatable bonds is 4. The minimum Gasteiger partial charge on any atom is -0.451 e. The van der Waals surface area contributed by atoms with Crippen molar-refractivity contribution < 1.29 is 8.94 Å². The predicted molar refractivity (Wildman–Crippen MR) is 96.8 cm³/mol. The second kappa shape index (κ2) is 6.88. The summed E-state index contributed by atoms with van der Waals surface area (Å²) in [6.45, 7) is 1.95.